The van der Waals surface area contributed by atoms with Gasteiger partial charge >= 0.3 is 6.18 Å². The molecule has 0 amide bonds. The highest BCUT2D eigenvalue weighted by atomic mass is 32.2. The zero-order valence-electron chi connectivity index (χ0n) is 18.7. The molecule has 0 spiro atoms. The predicted molar refractivity (Wildman–Crippen MR) is 129 cm³/mol. The maximum Gasteiger partial charge on any atom is 0.417 e. The first kappa shape index (κ1) is 26.6. The van der Waals surface area contributed by atoms with Crippen molar-refractivity contribution in [2.45, 2.75) is 62.9 Å². The molecule has 2 rings (SSSR count). The molecule has 2 aromatic rings. The highest BCUT2D eigenvalue weighted by molar-refractivity contribution is 7.99. The lowest BCUT2D eigenvalue weighted by molar-refractivity contribution is -0.139. The number of rotatable bonds is 13. The molecular weight excluding hydrogens is 447 g/mol. The Hall–Kier alpha value is -2.61. The maximum absolute atomic E-state index is 13.6. The molecule has 0 aromatic heterocycles. The fourth-order valence-corrected chi connectivity index (χ4v) is 4.45. The van der Waals surface area contributed by atoms with Crippen LogP contribution in [0.25, 0.3) is 0 Å². The number of thioether (sulfide) groups is 1. The number of hydrogen-bond acceptors (Lipinski definition) is 4. The summed E-state index contributed by atoms with van der Waals surface area (Å²) in [5, 5.41) is 14.7. The molecule has 0 aliphatic carbocycles. The molecule has 0 saturated heterocycles. The minimum atomic E-state index is -4.49. The van der Waals surface area contributed by atoms with Crippen LogP contribution in [-0.2, 0) is 30.2 Å². The van der Waals surface area contributed by atoms with Crippen LogP contribution in [0.3, 0.4) is 0 Å². The summed E-state index contributed by atoms with van der Waals surface area (Å²) in [5.41, 5.74) is 7.40. The van der Waals surface area contributed by atoms with Gasteiger partial charge in [0, 0.05) is 29.9 Å². The zero-order chi connectivity index (χ0) is 24.4. The van der Waals surface area contributed by atoms with Gasteiger partial charge in [0.25, 0.3) is 0 Å². The Balaban J connectivity index is 2.02. The van der Waals surface area contributed by atoms with Gasteiger partial charge in [0.15, 0.2) is 0 Å². The van der Waals surface area contributed by atoms with E-state index < -0.39 is 11.7 Å². The van der Waals surface area contributed by atoms with Gasteiger partial charge in [-0.3, -0.25) is 10.2 Å². The molecule has 0 radical (unpaired) electrons. The van der Waals surface area contributed by atoms with Crippen molar-refractivity contribution in [3.05, 3.63) is 64.7 Å². The van der Waals surface area contributed by atoms with Crippen LogP contribution in [0.2, 0.25) is 0 Å². The van der Waals surface area contributed by atoms with E-state index in [0.29, 0.717) is 36.3 Å². The number of alkyl halides is 3. The number of carbonyl (C=O) groups excluding carboxylic acids is 1. The summed E-state index contributed by atoms with van der Waals surface area (Å²) in [6, 6.07) is 11.7. The maximum atomic E-state index is 13.6. The standard InChI is InChI=1S/C25H30F3N3OS/c1-17(29)5-4-12-33-23-11-10-20(16-22(23)25(26,27)28)15-21(32)14-19-8-2-6-18(13-19)7-3-9-24(30)31/h2,6,8,10-11,13,16,29H,3-5,7,9,12,14-15H2,1H3,(H3,30,31). The minimum Gasteiger partial charge on any atom is -0.388 e. The third-order valence-electron chi connectivity index (χ3n) is 5.01. The number of carbonyl (C=O) groups is 1. The van der Waals surface area contributed by atoms with Gasteiger partial charge in [-0.25, -0.2) is 0 Å². The molecular formula is C25H30F3N3OS. The van der Waals surface area contributed by atoms with Crippen molar-refractivity contribution < 1.29 is 18.0 Å². The van der Waals surface area contributed by atoms with Gasteiger partial charge in [0.2, 0.25) is 0 Å². The summed E-state index contributed by atoms with van der Waals surface area (Å²) in [4.78, 5) is 12.7. The summed E-state index contributed by atoms with van der Waals surface area (Å²) >= 11 is 1.13. The van der Waals surface area contributed by atoms with Crippen LogP contribution >= 0.6 is 11.8 Å². The SMILES string of the molecule is CC(=N)CCCSc1ccc(CC(=O)Cc2cccc(CCCC(=N)N)c2)cc1C(F)(F)F. The molecule has 8 heteroatoms. The molecule has 0 aliphatic rings. The Kier molecular flexibility index (Phi) is 10.2. The van der Waals surface area contributed by atoms with Crippen molar-refractivity contribution in [2.24, 2.45) is 5.73 Å². The predicted octanol–water partition coefficient (Wildman–Crippen LogP) is 6.23. The average molecular weight is 478 g/mol. The second-order valence-electron chi connectivity index (χ2n) is 8.15. The number of halogens is 3. The highest BCUT2D eigenvalue weighted by Gasteiger charge is 2.33. The van der Waals surface area contributed by atoms with Crippen LogP contribution in [-0.4, -0.2) is 23.1 Å². The van der Waals surface area contributed by atoms with E-state index in [0.717, 1.165) is 41.8 Å². The van der Waals surface area contributed by atoms with Crippen LogP contribution in [0.1, 0.15) is 54.9 Å². The Labute approximate surface area is 197 Å². The molecule has 0 unspecified atom stereocenters. The molecule has 2 aromatic carbocycles. The second kappa shape index (κ2) is 12.6. The second-order valence-corrected chi connectivity index (χ2v) is 9.29. The third-order valence-corrected chi connectivity index (χ3v) is 6.17. The Bertz CT molecular complexity index is 989. The third kappa shape index (κ3) is 9.82. The number of Topliss-reactive ketones (excluding diaryl/α,β-unsaturated/α-hetero) is 1. The van der Waals surface area contributed by atoms with Gasteiger partial charge in [0.1, 0.15) is 5.78 Å². The van der Waals surface area contributed by atoms with E-state index in [4.69, 9.17) is 16.6 Å². The van der Waals surface area contributed by atoms with Crippen LogP contribution in [0.15, 0.2) is 47.4 Å². The lowest BCUT2D eigenvalue weighted by Crippen LogP contribution is -2.11. The van der Waals surface area contributed by atoms with Gasteiger partial charge in [-0.05, 0) is 67.2 Å². The zero-order valence-corrected chi connectivity index (χ0v) is 19.5. The fourth-order valence-electron chi connectivity index (χ4n) is 3.45. The molecule has 4 N–H and O–H groups in total. The first-order valence-corrected chi connectivity index (χ1v) is 11.8. The van der Waals surface area contributed by atoms with Gasteiger partial charge in [-0.1, -0.05) is 30.3 Å². The molecule has 0 fully saturated rings. The summed E-state index contributed by atoms with van der Waals surface area (Å²) in [7, 11) is 0. The summed E-state index contributed by atoms with van der Waals surface area (Å²) in [6.07, 6.45) is -1.18. The van der Waals surface area contributed by atoms with Crippen molar-refractivity contribution in [2.75, 3.05) is 5.75 Å². The number of ketones is 1. The number of benzene rings is 2. The number of hydrogen-bond donors (Lipinski definition) is 3. The summed E-state index contributed by atoms with van der Waals surface area (Å²) < 4.78 is 40.8. The molecule has 0 saturated carbocycles. The van der Waals surface area contributed by atoms with Crippen molar-refractivity contribution in [1.29, 1.82) is 10.8 Å². The van der Waals surface area contributed by atoms with Gasteiger partial charge in [0.05, 0.1) is 11.4 Å². The van der Waals surface area contributed by atoms with Crippen LogP contribution in [0, 0.1) is 10.8 Å². The van der Waals surface area contributed by atoms with E-state index in [1.165, 1.54) is 6.07 Å². The molecule has 4 nitrogen and oxygen atoms in total. The molecule has 178 valence electrons. The molecule has 0 atom stereocenters. The monoisotopic (exact) mass is 477 g/mol. The van der Waals surface area contributed by atoms with E-state index in [1.54, 1.807) is 13.0 Å². The molecule has 0 aliphatic heterocycles. The number of nitrogens with one attached hydrogen (secondary N) is 2. The van der Waals surface area contributed by atoms with E-state index >= 15 is 0 Å². The summed E-state index contributed by atoms with van der Waals surface area (Å²) in [6.45, 7) is 1.68. The fraction of sp³-hybridized carbons (Fsp3) is 0.400. The molecule has 0 heterocycles. The van der Waals surface area contributed by atoms with Crippen molar-refractivity contribution in [1.82, 2.24) is 0 Å². The van der Waals surface area contributed by atoms with E-state index in [-0.39, 0.29) is 29.4 Å². The van der Waals surface area contributed by atoms with Gasteiger partial charge in [-0.15, -0.1) is 11.8 Å². The lowest BCUT2D eigenvalue weighted by Gasteiger charge is -2.14. The first-order valence-electron chi connectivity index (χ1n) is 10.8. The Morgan fingerprint density at radius 2 is 1.64 bits per heavy atom. The largest absolute Gasteiger partial charge is 0.417 e. The molecule has 33 heavy (non-hydrogen) atoms. The number of amidine groups is 1. The van der Waals surface area contributed by atoms with Crippen LogP contribution in [0.4, 0.5) is 13.2 Å². The highest BCUT2D eigenvalue weighted by Crippen LogP contribution is 2.37. The van der Waals surface area contributed by atoms with E-state index in [9.17, 15) is 18.0 Å². The Morgan fingerprint density at radius 1 is 0.970 bits per heavy atom. The quantitative estimate of drug-likeness (QED) is 0.138. The van der Waals surface area contributed by atoms with Crippen molar-refractivity contribution in [3.63, 3.8) is 0 Å². The lowest BCUT2D eigenvalue weighted by atomic mass is 9.98. The summed E-state index contributed by atoms with van der Waals surface area (Å²) in [5.74, 6) is 0.497. The Morgan fingerprint density at radius 3 is 2.27 bits per heavy atom. The number of aryl methyl sites for hydroxylation is 1. The topological polar surface area (TPSA) is 90.8 Å². The first-order chi connectivity index (χ1) is 15.5. The van der Waals surface area contributed by atoms with Gasteiger partial charge < -0.3 is 11.1 Å². The minimum absolute atomic E-state index is 0.0599. The van der Waals surface area contributed by atoms with E-state index in [2.05, 4.69) is 0 Å². The normalized spacial score (nSPS) is 11.4. The smallest absolute Gasteiger partial charge is 0.388 e. The van der Waals surface area contributed by atoms with Crippen molar-refractivity contribution in [3.8, 4) is 0 Å². The van der Waals surface area contributed by atoms with Crippen LogP contribution in [0.5, 0.6) is 0 Å². The van der Waals surface area contributed by atoms with E-state index in [1.807, 2.05) is 24.3 Å². The molecule has 0 bridgehead atoms. The van der Waals surface area contributed by atoms with Crippen molar-refractivity contribution >= 4 is 29.1 Å². The average Bonchev–Trinajstić information content (AvgIpc) is 2.71. The van der Waals surface area contributed by atoms with Gasteiger partial charge in [-0.2, -0.15) is 13.2 Å². The van der Waals surface area contributed by atoms with Crippen LogP contribution < -0.4 is 5.73 Å². The number of nitrogens with two attached hydrogens (primary N) is 1.